The second-order valence-corrected chi connectivity index (χ2v) is 5.23. The molecule has 1 unspecified atom stereocenters. The molecule has 0 aromatic heterocycles. The summed E-state index contributed by atoms with van der Waals surface area (Å²) in [5.74, 6) is 1.14. The maximum absolute atomic E-state index is 5.79. The van der Waals surface area contributed by atoms with E-state index in [9.17, 15) is 0 Å². The van der Waals surface area contributed by atoms with Crippen LogP contribution in [0.5, 0.6) is 0 Å². The van der Waals surface area contributed by atoms with E-state index < -0.39 is 0 Å². The number of nitrogens with zero attached hydrogens (tertiary/aromatic N) is 2. The molecular weight excluding hydrogens is 194 g/mol. The lowest BCUT2D eigenvalue weighted by Gasteiger charge is -2.19. The van der Waals surface area contributed by atoms with Crippen molar-refractivity contribution >= 4 is 16.9 Å². The highest BCUT2D eigenvalue weighted by atomic mass is 32.2. The van der Waals surface area contributed by atoms with E-state index in [0.717, 1.165) is 17.5 Å². The molecule has 0 spiro atoms. The third kappa shape index (κ3) is 2.89. The fourth-order valence-electron chi connectivity index (χ4n) is 2.17. The minimum atomic E-state index is 0.461. The molecule has 2 aliphatic heterocycles. The molecule has 2 heterocycles. The fourth-order valence-corrected chi connectivity index (χ4v) is 2.92. The summed E-state index contributed by atoms with van der Waals surface area (Å²) in [5.41, 5.74) is 5.79. The van der Waals surface area contributed by atoms with Crippen LogP contribution in [0.1, 0.15) is 25.7 Å². The zero-order valence-electron chi connectivity index (χ0n) is 8.61. The van der Waals surface area contributed by atoms with Crippen LogP contribution >= 0.6 is 11.8 Å². The van der Waals surface area contributed by atoms with Crippen molar-refractivity contribution in [2.75, 3.05) is 25.4 Å². The van der Waals surface area contributed by atoms with Gasteiger partial charge in [0.1, 0.15) is 0 Å². The van der Waals surface area contributed by atoms with E-state index in [-0.39, 0.29) is 0 Å². The van der Waals surface area contributed by atoms with E-state index >= 15 is 0 Å². The second-order valence-electron chi connectivity index (χ2n) is 4.12. The van der Waals surface area contributed by atoms with Crippen LogP contribution in [0.15, 0.2) is 4.99 Å². The first-order valence-electron chi connectivity index (χ1n) is 5.53. The van der Waals surface area contributed by atoms with Crippen LogP contribution in [0, 0.1) is 0 Å². The van der Waals surface area contributed by atoms with E-state index in [2.05, 4.69) is 9.89 Å². The summed E-state index contributed by atoms with van der Waals surface area (Å²) >= 11 is 1.71. The minimum absolute atomic E-state index is 0.461. The standard InChI is InChI=1S/C10H19N3S/c11-10-12-9(4-3-7-14-10)8-13-5-1-2-6-13/h9H,1-8H2,(H2,11,12). The number of thioether (sulfide) groups is 1. The normalized spacial score (nSPS) is 30.0. The van der Waals surface area contributed by atoms with E-state index in [4.69, 9.17) is 5.73 Å². The van der Waals surface area contributed by atoms with Crippen LogP contribution < -0.4 is 5.73 Å². The number of amidine groups is 1. The lowest BCUT2D eigenvalue weighted by molar-refractivity contribution is 0.308. The molecule has 14 heavy (non-hydrogen) atoms. The lowest BCUT2D eigenvalue weighted by atomic mass is 10.1. The third-order valence-electron chi connectivity index (χ3n) is 2.91. The van der Waals surface area contributed by atoms with Crippen LogP contribution in [0.2, 0.25) is 0 Å². The Bertz CT molecular complexity index is 211. The molecule has 0 saturated carbocycles. The molecular formula is C10H19N3S. The summed E-state index contributed by atoms with van der Waals surface area (Å²) in [6.45, 7) is 3.65. The van der Waals surface area contributed by atoms with Crippen molar-refractivity contribution in [1.82, 2.24) is 4.90 Å². The van der Waals surface area contributed by atoms with Crippen molar-refractivity contribution in [1.29, 1.82) is 0 Å². The van der Waals surface area contributed by atoms with Crippen molar-refractivity contribution < 1.29 is 0 Å². The second kappa shape index (κ2) is 5.03. The van der Waals surface area contributed by atoms with Gasteiger partial charge >= 0.3 is 0 Å². The number of hydrogen-bond acceptors (Lipinski definition) is 4. The Morgan fingerprint density at radius 1 is 1.36 bits per heavy atom. The van der Waals surface area contributed by atoms with Crippen molar-refractivity contribution in [3.63, 3.8) is 0 Å². The lowest BCUT2D eigenvalue weighted by Crippen LogP contribution is -2.29. The van der Waals surface area contributed by atoms with E-state index in [0.29, 0.717) is 6.04 Å². The zero-order valence-corrected chi connectivity index (χ0v) is 9.43. The molecule has 80 valence electrons. The van der Waals surface area contributed by atoms with Crippen molar-refractivity contribution in [3.05, 3.63) is 0 Å². The Balaban J connectivity index is 1.85. The summed E-state index contributed by atoms with van der Waals surface area (Å²) in [6, 6.07) is 0.461. The molecule has 2 N–H and O–H groups in total. The number of likely N-dealkylation sites (tertiary alicyclic amines) is 1. The first-order valence-corrected chi connectivity index (χ1v) is 6.51. The van der Waals surface area contributed by atoms with Gasteiger partial charge in [0.05, 0.1) is 6.04 Å². The van der Waals surface area contributed by atoms with Crippen LogP contribution in [0.3, 0.4) is 0 Å². The molecule has 4 heteroatoms. The van der Waals surface area contributed by atoms with Gasteiger partial charge in [-0.05, 0) is 38.8 Å². The Labute approximate surface area is 90.1 Å². The van der Waals surface area contributed by atoms with E-state index in [1.54, 1.807) is 11.8 Å². The van der Waals surface area contributed by atoms with Gasteiger partial charge in [-0.1, -0.05) is 11.8 Å². The first-order chi connectivity index (χ1) is 6.84. The molecule has 0 aliphatic carbocycles. The maximum Gasteiger partial charge on any atom is 0.154 e. The average molecular weight is 213 g/mol. The molecule has 0 aromatic carbocycles. The van der Waals surface area contributed by atoms with Gasteiger partial charge in [0.15, 0.2) is 5.17 Å². The van der Waals surface area contributed by atoms with Crippen molar-refractivity contribution in [2.24, 2.45) is 10.7 Å². The van der Waals surface area contributed by atoms with Gasteiger partial charge in [-0.15, -0.1) is 0 Å². The summed E-state index contributed by atoms with van der Waals surface area (Å²) < 4.78 is 0. The Morgan fingerprint density at radius 3 is 2.93 bits per heavy atom. The van der Waals surface area contributed by atoms with Gasteiger partial charge in [0, 0.05) is 12.3 Å². The quantitative estimate of drug-likeness (QED) is 0.751. The van der Waals surface area contributed by atoms with Crippen LogP contribution in [0.25, 0.3) is 0 Å². The molecule has 0 radical (unpaired) electrons. The van der Waals surface area contributed by atoms with Crippen molar-refractivity contribution in [2.45, 2.75) is 31.7 Å². The predicted octanol–water partition coefficient (Wildman–Crippen LogP) is 1.29. The summed E-state index contributed by atoms with van der Waals surface area (Å²) in [7, 11) is 0. The maximum atomic E-state index is 5.79. The van der Waals surface area contributed by atoms with Gasteiger partial charge < -0.3 is 10.6 Å². The Kier molecular flexibility index (Phi) is 3.70. The SMILES string of the molecule is NC1=NC(CN2CCCC2)CCCS1. The molecule has 0 bridgehead atoms. The Morgan fingerprint density at radius 2 is 2.14 bits per heavy atom. The van der Waals surface area contributed by atoms with Gasteiger partial charge in [0.2, 0.25) is 0 Å². The number of rotatable bonds is 2. The molecule has 2 aliphatic rings. The van der Waals surface area contributed by atoms with Crippen LogP contribution in [-0.4, -0.2) is 41.5 Å². The number of hydrogen-bond donors (Lipinski definition) is 1. The highest BCUT2D eigenvalue weighted by Crippen LogP contribution is 2.17. The number of aliphatic imine (C=N–C) groups is 1. The summed E-state index contributed by atoms with van der Waals surface area (Å²) in [4.78, 5) is 7.08. The van der Waals surface area contributed by atoms with E-state index in [1.807, 2.05) is 0 Å². The van der Waals surface area contributed by atoms with Gasteiger partial charge in [-0.3, -0.25) is 4.99 Å². The zero-order chi connectivity index (χ0) is 9.80. The van der Waals surface area contributed by atoms with Crippen LogP contribution in [0.4, 0.5) is 0 Å². The molecule has 1 atom stereocenters. The smallest absolute Gasteiger partial charge is 0.154 e. The summed E-state index contributed by atoms with van der Waals surface area (Å²) in [6.07, 6.45) is 5.19. The molecule has 1 saturated heterocycles. The average Bonchev–Trinajstić information content (AvgIpc) is 2.56. The van der Waals surface area contributed by atoms with E-state index in [1.165, 1.54) is 38.8 Å². The topological polar surface area (TPSA) is 41.6 Å². The minimum Gasteiger partial charge on any atom is -0.379 e. The predicted molar refractivity (Wildman–Crippen MR) is 62.8 cm³/mol. The highest BCUT2D eigenvalue weighted by molar-refractivity contribution is 8.13. The first kappa shape index (κ1) is 10.3. The van der Waals surface area contributed by atoms with Crippen LogP contribution in [-0.2, 0) is 0 Å². The Hall–Kier alpha value is -0.220. The highest BCUT2D eigenvalue weighted by Gasteiger charge is 2.18. The molecule has 1 fully saturated rings. The summed E-state index contributed by atoms with van der Waals surface area (Å²) in [5, 5.41) is 0.798. The third-order valence-corrected chi connectivity index (χ3v) is 3.80. The molecule has 3 nitrogen and oxygen atoms in total. The monoisotopic (exact) mass is 213 g/mol. The van der Waals surface area contributed by atoms with Crippen molar-refractivity contribution in [3.8, 4) is 0 Å². The fraction of sp³-hybridized carbons (Fsp3) is 0.900. The van der Waals surface area contributed by atoms with Gasteiger partial charge in [-0.25, -0.2) is 0 Å². The number of nitrogens with two attached hydrogens (primary N) is 1. The molecule has 2 rings (SSSR count). The molecule has 0 amide bonds. The van der Waals surface area contributed by atoms with Gasteiger partial charge in [-0.2, -0.15) is 0 Å². The van der Waals surface area contributed by atoms with Gasteiger partial charge in [0.25, 0.3) is 0 Å². The molecule has 0 aromatic rings. The largest absolute Gasteiger partial charge is 0.379 e.